The number of hydrogen-bond acceptors (Lipinski definition) is 2. The number of nitrogens with two attached hydrogens (primary N) is 1. The van der Waals surface area contributed by atoms with E-state index in [1.165, 1.54) is 0 Å². The van der Waals surface area contributed by atoms with Crippen LogP contribution >= 0.6 is 15.9 Å². The average molecular weight is 284 g/mol. The van der Waals surface area contributed by atoms with Gasteiger partial charge < -0.3 is 10.8 Å². The van der Waals surface area contributed by atoms with Crippen LogP contribution in [0.25, 0.3) is 0 Å². The first-order valence-electron chi connectivity index (χ1n) is 3.63. The lowest BCUT2D eigenvalue weighted by atomic mass is 10.1. The third-order valence-corrected chi connectivity index (χ3v) is 2.36. The van der Waals surface area contributed by atoms with Crippen molar-refractivity contribution in [1.29, 1.82) is 0 Å². The second-order valence-corrected chi connectivity index (χ2v) is 3.58. The fraction of sp³-hybridized carbons (Fsp3) is 0.125. The Morgan fingerprint density at radius 3 is 2.33 bits per heavy atom. The van der Waals surface area contributed by atoms with Gasteiger partial charge in [-0.1, -0.05) is 0 Å². The Morgan fingerprint density at radius 2 is 1.93 bits per heavy atom. The lowest BCUT2D eigenvalue weighted by Crippen LogP contribution is -2.13. The lowest BCUT2D eigenvalue weighted by Gasteiger charge is -2.11. The predicted octanol–water partition coefficient (Wildman–Crippen LogP) is 2.75. The molecular formula is C8H5BrF3NO2. The summed E-state index contributed by atoms with van der Waals surface area (Å²) in [4.78, 5) is 10.6. The molecule has 0 atom stereocenters. The van der Waals surface area contributed by atoms with Gasteiger partial charge in [-0.05, 0) is 28.1 Å². The molecule has 7 heteroatoms. The standard InChI is InChI=1S/C8H5BrF3NO2/c9-5-2-4(8(10,11)12)3(7(14)15)1-6(5)13/h1-2H,13H2,(H,14,15). The highest BCUT2D eigenvalue weighted by Crippen LogP contribution is 2.36. The number of anilines is 1. The normalized spacial score (nSPS) is 11.5. The zero-order valence-electron chi connectivity index (χ0n) is 7.10. The molecule has 0 aliphatic carbocycles. The Bertz CT molecular complexity index is 417. The smallest absolute Gasteiger partial charge is 0.417 e. The number of carbonyl (C=O) groups is 1. The molecule has 1 aromatic carbocycles. The molecule has 0 aliphatic rings. The first-order chi connectivity index (χ1) is 6.73. The molecule has 15 heavy (non-hydrogen) atoms. The van der Waals surface area contributed by atoms with Crippen LogP contribution < -0.4 is 5.73 Å². The fourth-order valence-corrected chi connectivity index (χ4v) is 1.34. The van der Waals surface area contributed by atoms with Crippen LogP contribution in [-0.2, 0) is 6.18 Å². The molecule has 0 spiro atoms. The summed E-state index contributed by atoms with van der Waals surface area (Å²) < 4.78 is 37.2. The van der Waals surface area contributed by atoms with Crippen molar-refractivity contribution in [2.75, 3.05) is 5.73 Å². The van der Waals surface area contributed by atoms with Gasteiger partial charge in [0.15, 0.2) is 0 Å². The zero-order valence-corrected chi connectivity index (χ0v) is 8.69. The molecular weight excluding hydrogens is 279 g/mol. The second-order valence-electron chi connectivity index (χ2n) is 2.72. The van der Waals surface area contributed by atoms with Crippen LogP contribution in [0, 0.1) is 0 Å². The van der Waals surface area contributed by atoms with E-state index in [4.69, 9.17) is 10.8 Å². The molecule has 82 valence electrons. The van der Waals surface area contributed by atoms with Gasteiger partial charge in [0.25, 0.3) is 0 Å². The van der Waals surface area contributed by atoms with Crippen LogP contribution in [0.1, 0.15) is 15.9 Å². The molecule has 1 rings (SSSR count). The Labute approximate surface area is 90.8 Å². The number of halogens is 4. The first-order valence-corrected chi connectivity index (χ1v) is 4.42. The highest BCUT2D eigenvalue weighted by molar-refractivity contribution is 9.10. The molecule has 0 radical (unpaired) electrons. The molecule has 0 unspecified atom stereocenters. The van der Waals surface area contributed by atoms with Crippen molar-refractivity contribution in [2.45, 2.75) is 6.18 Å². The highest BCUT2D eigenvalue weighted by Gasteiger charge is 2.35. The van der Waals surface area contributed by atoms with E-state index < -0.39 is 23.3 Å². The molecule has 0 fully saturated rings. The molecule has 0 aliphatic heterocycles. The third-order valence-electron chi connectivity index (χ3n) is 1.67. The number of hydrogen-bond donors (Lipinski definition) is 2. The number of alkyl halides is 3. The Hall–Kier alpha value is -1.24. The lowest BCUT2D eigenvalue weighted by molar-refractivity contribution is -0.138. The minimum Gasteiger partial charge on any atom is -0.478 e. The van der Waals surface area contributed by atoms with Crippen molar-refractivity contribution in [3.8, 4) is 0 Å². The topological polar surface area (TPSA) is 63.3 Å². The van der Waals surface area contributed by atoms with Crippen LogP contribution in [0.5, 0.6) is 0 Å². The van der Waals surface area contributed by atoms with Crippen LogP contribution in [0.4, 0.5) is 18.9 Å². The quantitative estimate of drug-likeness (QED) is 0.779. The Balaban J connectivity index is 3.49. The number of carboxylic acids is 1. The van der Waals surface area contributed by atoms with Crippen LogP contribution in [0.2, 0.25) is 0 Å². The van der Waals surface area contributed by atoms with Crippen molar-refractivity contribution in [3.05, 3.63) is 27.7 Å². The van der Waals surface area contributed by atoms with Gasteiger partial charge >= 0.3 is 12.1 Å². The Morgan fingerprint density at radius 1 is 1.40 bits per heavy atom. The van der Waals surface area contributed by atoms with Crippen molar-refractivity contribution in [2.24, 2.45) is 0 Å². The SMILES string of the molecule is Nc1cc(C(=O)O)c(C(F)(F)F)cc1Br. The monoisotopic (exact) mass is 283 g/mol. The van der Waals surface area contributed by atoms with Gasteiger partial charge in [-0.2, -0.15) is 13.2 Å². The van der Waals surface area contributed by atoms with E-state index in [2.05, 4.69) is 15.9 Å². The molecule has 0 saturated heterocycles. The summed E-state index contributed by atoms with van der Waals surface area (Å²) in [6.07, 6.45) is -4.72. The number of carboxylic acid groups (broad SMARTS) is 1. The van der Waals surface area contributed by atoms with E-state index in [-0.39, 0.29) is 10.2 Å². The van der Waals surface area contributed by atoms with Crippen molar-refractivity contribution < 1.29 is 23.1 Å². The summed E-state index contributed by atoms with van der Waals surface area (Å²) in [7, 11) is 0. The van der Waals surface area contributed by atoms with Gasteiger partial charge in [0.1, 0.15) is 0 Å². The van der Waals surface area contributed by atoms with Gasteiger partial charge in [-0.25, -0.2) is 4.79 Å². The van der Waals surface area contributed by atoms with Gasteiger partial charge in [-0.15, -0.1) is 0 Å². The Kier molecular flexibility index (Phi) is 2.94. The average Bonchev–Trinajstić information content (AvgIpc) is 2.06. The number of nitrogen functional groups attached to an aromatic ring is 1. The van der Waals surface area contributed by atoms with Gasteiger partial charge in [0.2, 0.25) is 0 Å². The second kappa shape index (κ2) is 3.73. The first kappa shape index (κ1) is 11.8. The zero-order chi connectivity index (χ0) is 11.8. The number of benzene rings is 1. The van der Waals surface area contributed by atoms with Crippen LogP contribution in [0.15, 0.2) is 16.6 Å². The molecule has 3 N–H and O–H groups in total. The molecule has 0 amide bonds. The van der Waals surface area contributed by atoms with E-state index >= 15 is 0 Å². The number of aromatic carboxylic acids is 1. The van der Waals surface area contributed by atoms with Crippen LogP contribution in [-0.4, -0.2) is 11.1 Å². The maximum Gasteiger partial charge on any atom is 0.417 e. The predicted molar refractivity (Wildman–Crippen MR) is 50.5 cm³/mol. The van der Waals surface area contributed by atoms with E-state index in [1.807, 2.05) is 0 Å². The summed E-state index contributed by atoms with van der Waals surface area (Å²) in [5, 5.41) is 8.57. The van der Waals surface area contributed by atoms with Crippen LogP contribution in [0.3, 0.4) is 0 Å². The minimum absolute atomic E-state index is 0.0137. The summed E-state index contributed by atoms with van der Waals surface area (Å²) in [6, 6.07) is 1.42. The van der Waals surface area contributed by atoms with E-state index in [0.29, 0.717) is 6.07 Å². The highest BCUT2D eigenvalue weighted by atomic mass is 79.9. The summed E-state index contributed by atoms with van der Waals surface area (Å²) in [5.74, 6) is -1.67. The fourth-order valence-electron chi connectivity index (χ4n) is 1.00. The maximum atomic E-state index is 12.4. The van der Waals surface area contributed by atoms with E-state index in [1.54, 1.807) is 0 Å². The third kappa shape index (κ3) is 2.41. The summed E-state index contributed by atoms with van der Waals surface area (Å²) in [5.41, 5.74) is 3.15. The van der Waals surface area contributed by atoms with Gasteiger partial charge in [0.05, 0.1) is 11.1 Å². The molecule has 0 aromatic heterocycles. The van der Waals surface area contributed by atoms with Gasteiger partial charge in [-0.3, -0.25) is 0 Å². The minimum atomic E-state index is -4.72. The largest absolute Gasteiger partial charge is 0.478 e. The summed E-state index contributed by atoms with van der Waals surface area (Å²) in [6.45, 7) is 0. The van der Waals surface area contributed by atoms with Crippen molar-refractivity contribution in [1.82, 2.24) is 0 Å². The van der Waals surface area contributed by atoms with E-state index in [0.717, 1.165) is 6.07 Å². The van der Waals surface area contributed by atoms with Crippen molar-refractivity contribution >= 4 is 27.6 Å². The molecule has 1 aromatic rings. The molecule has 0 bridgehead atoms. The molecule has 0 saturated carbocycles. The summed E-state index contributed by atoms with van der Waals surface area (Å²) >= 11 is 2.80. The molecule has 0 heterocycles. The maximum absolute atomic E-state index is 12.4. The molecule has 3 nitrogen and oxygen atoms in total. The van der Waals surface area contributed by atoms with Crippen molar-refractivity contribution in [3.63, 3.8) is 0 Å². The van der Waals surface area contributed by atoms with E-state index in [9.17, 15) is 18.0 Å². The van der Waals surface area contributed by atoms with Gasteiger partial charge in [0, 0.05) is 10.2 Å². The number of rotatable bonds is 1.